The molecule has 4 nitrogen and oxygen atoms in total. The third-order valence-corrected chi connectivity index (χ3v) is 2.24. The average molecular weight is 209 g/mol. The Morgan fingerprint density at radius 2 is 2.00 bits per heavy atom. The van der Waals surface area contributed by atoms with Gasteiger partial charge in [0.15, 0.2) is 0 Å². The van der Waals surface area contributed by atoms with E-state index in [-0.39, 0.29) is 12.6 Å². The van der Waals surface area contributed by atoms with E-state index < -0.39 is 6.09 Å². The molecule has 0 aromatic heterocycles. The first-order chi connectivity index (χ1) is 7.15. The Bertz CT molecular complexity index is 313. The Labute approximate surface area is 88.8 Å². The zero-order chi connectivity index (χ0) is 11.3. The molecular formula is C11H15NO3. The number of rotatable bonds is 4. The molecule has 1 amide bonds. The van der Waals surface area contributed by atoms with Gasteiger partial charge in [-0.2, -0.15) is 0 Å². The Morgan fingerprint density at radius 1 is 1.40 bits per heavy atom. The van der Waals surface area contributed by atoms with Crippen LogP contribution in [0.5, 0.6) is 0 Å². The highest BCUT2D eigenvalue weighted by Crippen LogP contribution is 2.08. The summed E-state index contributed by atoms with van der Waals surface area (Å²) in [4.78, 5) is 12.1. The molecular weight excluding hydrogens is 194 g/mol. The topological polar surface area (TPSA) is 60.8 Å². The van der Waals surface area contributed by atoms with Crippen LogP contribution in [0.3, 0.4) is 0 Å². The zero-order valence-corrected chi connectivity index (χ0v) is 8.63. The van der Waals surface area contributed by atoms with E-state index in [1.807, 2.05) is 30.3 Å². The second-order valence-corrected chi connectivity index (χ2v) is 3.43. The largest absolute Gasteiger partial charge is 0.465 e. The van der Waals surface area contributed by atoms with Crippen molar-refractivity contribution < 1.29 is 15.0 Å². The SMILES string of the molecule is C[C@H](CO)N(Cc1ccccc1)C(=O)O. The predicted molar refractivity (Wildman–Crippen MR) is 56.6 cm³/mol. The van der Waals surface area contributed by atoms with Gasteiger partial charge < -0.3 is 10.2 Å². The maximum absolute atomic E-state index is 10.9. The number of aliphatic hydroxyl groups excluding tert-OH is 1. The molecule has 0 spiro atoms. The molecule has 0 bridgehead atoms. The molecule has 0 saturated carbocycles. The lowest BCUT2D eigenvalue weighted by molar-refractivity contribution is 0.0999. The lowest BCUT2D eigenvalue weighted by Crippen LogP contribution is -2.39. The molecule has 0 fully saturated rings. The summed E-state index contributed by atoms with van der Waals surface area (Å²) < 4.78 is 0. The van der Waals surface area contributed by atoms with Crippen LogP contribution in [0, 0.1) is 0 Å². The molecule has 1 rings (SSSR count). The molecule has 0 unspecified atom stereocenters. The first-order valence-electron chi connectivity index (χ1n) is 4.79. The molecule has 82 valence electrons. The summed E-state index contributed by atoms with van der Waals surface area (Å²) in [7, 11) is 0. The van der Waals surface area contributed by atoms with E-state index in [0.29, 0.717) is 6.54 Å². The van der Waals surface area contributed by atoms with Crippen LogP contribution in [-0.4, -0.2) is 33.9 Å². The van der Waals surface area contributed by atoms with Crippen molar-refractivity contribution in [2.24, 2.45) is 0 Å². The van der Waals surface area contributed by atoms with Crippen molar-refractivity contribution in [1.29, 1.82) is 0 Å². The van der Waals surface area contributed by atoms with Crippen molar-refractivity contribution in [3.8, 4) is 0 Å². The number of amides is 1. The Balaban J connectivity index is 2.71. The van der Waals surface area contributed by atoms with Crippen molar-refractivity contribution >= 4 is 6.09 Å². The van der Waals surface area contributed by atoms with Gasteiger partial charge in [0.25, 0.3) is 0 Å². The molecule has 1 aromatic rings. The van der Waals surface area contributed by atoms with E-state index in [0.717, 1.165) is 5.56 Å². The molecule has 0 radical (unpaired) electrons. The summed E-state index contributed by atoms with van der Waals surface area (Å²) >= 11 is 0. The molecule has 0 aliphatic carbocycles. The lowest BCUT2D eigenvalue weighted by atomic mass is 10.2. The molecule has 0 aliphatic heterocycles. The summed E-state index contributed by atoms with van der Waals surface area (Å²) in [5.41, 5.74) is 0.917. The van der Waals surface area contributed by atoms with Gasteiger partial charge in [-0.3, -0.25) is 4.90 Å². The third kappa shape index (κ3) is 3.25. The number of hydrogen-bond donors (Lipinski definition) is 2. The van der Waals surface area contributed by atoms with Gasteiger partial charge in [-0.05, 0) is 12.5 Å². The van der Waals surface area contributed by atoms with Crippen LogP contribution in [0.4, 0.5) is 4.79 Å². The maximum Gasteiger partial charge on any atom is 0.407 e. The highest BCUT2D eigenvalue weighted by molar-refractivity contribution is 5.65. The van der Waals surface area contributed by atoms with E-state index >= 15 is 0 Å². The predicted octanol–water partition coefficient (Wildman–Crippen LogP) is 1.55. The van der Waals surface area contributed by atoms with Crippen molar-refractivity contribution in [1.82, 2.24) is 4.90 Å². The fourth-order valence-electron chi connectivity index (χ4n) is 1.29. The van der Waals surface area contributed by atoms with Gasteiger partial charge in [0, 0.05) is 6.54 Å². The fourth-order valence-corrected chi connectivity index (χ4v) is 1.29. The lowest BCUT2D eigenvalue weighted by Gasteiger charge is -2.24. The molecule has 1 atom stereocenters. The first-order valence-corrected chi connectivity index (χ1v) is 4.79. The second-order valence-electron chi connectivity index (χ2n) is 3.43. The zero-order valence-electron chi connectivity index (χ0n) is 8.63. The van der Waals surface area contributed by atoms with Crippen LogP contribution < -0.4 is 0 Å². The highest BCUT2D eigenvalue weighted by atomic mass is 16.4. The molecule has 0 aliphatic rings. The van der Waals surface area contributed by atoms with Gasteiger partial charge in [-0.25, -0.2) is 4.79 Å². The summed E-state index contributed by atoms with van der Waals surface area (Å²) in [6, 6.07) is 8.94. The highest BCUT2D eigenvalue weighted by Gasteiger charge is 2.18. The molecule has 0 saturated heterocycles. The summed E-state index contributed by atoms with van der Waals surface area (Å²) in [5.74, 6) is 0. The van der Waals surface area contributed by atoms with Crippen molar-refractivity contribution in [2.75, 3.05) is 6.61 Å². The van der Waals surface area contributed by atoms with E-state index in [1.54, 1.807) is 6.92 Å². The van der Waals surface area contributed by atoms with Crippen molar-refractivity contribution in [3.05, 3.63) is 35.9 Å². The van der Waals surface area contributed by atoms with Crippen LogP contribution in [0.15, 0.2) is 30.3 Å². The Kier molecular flexibility index (Phi) is 4.12. The molecule has 2 N–H and O–H groups in total. The molecule has 4 heteroatoms. The Morgan fingerprint density at radius 3 is 2.47 bits per heavy atom. The summed E-state index contributed by atoms with van der Waals surface area (Å²) in [5, 5.41) is 17.9. The van der Waals surface area contributed by atoms with Gasteiger partial charge in [0.1, 0.15) is 0 Å². The summed E-state index contributed by atoms with van der Waals surface area (Å²) in [6.45, 7) is 1.81. The number of carbonyl (C=O) groups is 1. The normalized spacial score (nSPS) is 12.1. The minimum Gasteiger partial charge on any atom is -0.465 e. The van der Waals surface area contributed by atoms with E-state index in [4.69, 9.17) is 10.2 Å². The number of carboxylic acid groups (broad SMARTS) is 1. The quantitative estimate of drug-likeness (QED) is 0.790. The molecule has 15 heavy (non-hydrogen) atoms. The standard InChI is InChI=1S/C11H15NO3/c1-9(8-13)12(11(14)15)7-10-5-3-2-4-6-10/h2-6,9,13H,7-8H2,1H3,(H,14,15)/t9-/m1/s1. The van der Waals surface area contributed by atoms with Gasteiger partial charge >= 0.3 is 6.09 Å². The van der Waals surface area contributed by atoms with Crippen LogP contribution in [0.25, 0.3) is 0 Å². The maximum atomic E-state index is 10.9. The summed E-state index contributed by atoms with van der Waals surface area (Å²) in [6.07, 6.45) is -1.01. The van der Waals surface area contributed by atoms with Crippen LogP contribution in [0.2, 0.25) is 0 Å². The smallest absolute Gasteiger partial charge is 0.407 e. The number of nitrogens with zero attached hydrogens (tertiary/aromatic N) is 1. The molecule has 1 aromatic carbocycles. The van der Waals surface area contributed by atoms with Crippen molar-refractivity contribution in [2.45, 2.75) is 19.5 Å². The third-order valence-electron chi connectivity index (χ3n) is 2.24. The van der Waals surface area contributed by atoms with E-state index in [2.05, 4.69) is 0 Å². The number of hydrogen-bond acceptors (Lipinski definition) is 2. The minimum absolute atomic E-state index is 0.168. The fraction of sp³-hybridized carbons (Fsp3) is 0.364. The van der Waals surface area contributed by atoms with Crippen LogP contribution >= 0.6 is 0 Å². The van der Waals surface area contributed by atoms with Gasteiger partial charge in [-0.15, -0.1) is 0 Å². The van der Waals surface area contributed by atoms with Crippen molar-refractivity contribution in [3.63, 3.8) is 0 Å². The van der Waals surface area contributed by atoms with E-state index in [9.17, 15) is 4.79 Å². The van der Waals surface area contributed by atoms with Crippen LogP contribution in [-0.2, 0) is 6.54 Å². The van der Waals surface area contributed by atoms with Gasteiger partial charge in [-0.1, -0.05) is 30.3 Å². The average Bonchev–Trinajstić information content (AvgIpc) is 2.26. The second kappa shape index (κ2) is 5.36. The monoisotopic (exact) mass is 209 g/mol. The van der Waals surface area contributed by atoms with Crippen LogP contribution in [0.1, 0.15) is 12.5 Å². The van der Waals surface area contributed by atoms with Gasteiger partial charge in [0.2, 0.25) is 0 Å². The minimum atomic E-state index is -1.01. The first kappa shape index (κ1) is 11.5. The van der Waals surface area contributed by atoms with Gasteiger partial charge in [0.05, 0.1) is 12.6 Å². The van der Waals surface area contributed by atoms with E-state index in [1.165, 1.54) is 4.90 Å². The number of aliphatic hydroxyl groups is 1. The molecule has 0 heterocycles. The number of benzene rings is 1. The Hall–Kier alpha value is -1.55.